The molecule has 0 radical (unpaired) electrons. The molecule has 0 spiro atoms. The monoisotopic (exact) mass is 356 g/mol. The summed E-state index contributed by atoms with van der Waals surface area (Å²) in [5.41, 5.74) is 2.07. The van der Waals surface area contributed by atoms with Crippen molar-refractivity contribution < 1.29 is 8.94 Å². The highest BCUT2D eigenvalue weighted by molar-refractivity contribution is 5.48. The fraction of sp³-hybridized carbons (Fsp3) is 0.556. The van der Waals surface area contributed by atoms with Crippen LogP contribution in [-0.2, 0) is 20.1 Å². The zero-order chi connectivity index (χ0) is 18.1. The van der Waals surface area contributed by atoms with Gasteiger partial charge in [-0.1, -0.05) is 18.5 Å². The molecule has 0 atom stereocenters. The predicted octanol–water partition coefficient (Wildman–Crippen LogP) is 3.06. The van der Waals surface area contributed by atoms with Crippen LogP contribution in [0.5, 0.6) is 0 Å². The van der Waals surface area contributed by atoms with Crippen molar-refractivity contribution in [3.63, 3.8) is 0 Å². The van der Waals surface area contributed by atoms with Crippen molar-refractivity contribution in [3.05, 3.63) is 35.4 Å². The normalized spacial score (nSPS) is 14.9. The second-order valence-electron chi connectivity index (χ2n) is 6.90. The molecule has 0 aromatic carbocycles. The molecule has 138 valence electrons. The molecular formula is C18H24N6O2. The summed E-state index contributed by atoms with van der Waals surface area (Å²) in [6, 6.07) is 4.03. The fourth-order valence-corrected chi connectivity index (χ4v) is 3.07. The minimum atomic E-state index is 0.457. The molecule has 0 unspecified atom stereocenters. The Kier molecular flexibility index (Phi) is 4.58. The largest absolute Gasteiger partial charge is 0.418 e. The molecular weight excluding hydrogens is 332 g/mol. The summed E-state index contributed by atoms with van der Waals surface area (Å²) in [6.07, 6.45) is 3.56. The van der Waals surface area contributed by atoms with Crippen LogP contribution in [0.3, 0.4) is 0 Å². The van der Waals surface area contributed by atoms with Crippen LogP contribution in [0.1, 0.15) is 55.4 Å². The van der Waals surface area contributed by atoms with Gasteiger partial charge in [-0.15, -0.1) is 10.2 Å². The van der Waals surface area contributed by atoms with Crippen molar-refractivity contribution >= 4 is 0 Å². The van der Waals surface area contributed by atoms with Gasteiger partial charge in [0, 0.05) is 18.7 Å². The highest BCUT2D eigenvalue weighted by Crippen LogP contribution is 2.35. The second-order valence-corrected chi connectivity index (χ2v) is 6.90. The average molecular weight is 356 g/mol. The van der Waals surface area contributed by atoms with Crippen LogP contribution in [0, 0.1) is 6.92 Å². The molecule has 0 aliphatic heterocycles. The molecule has 0 saturated heterocycles. The minimum absolute atomic E-state index is 0.457. The molecule has 8 nitrogen and oxygen atoms in total. The van der Waals surface area contributed by atoms with Crippen LogP contribution in [0.15, 0.2) is 21.1 Å². The summed E-state index contributed by atoms with van der Waals surface area (Å²) in [4.78, 5) is 6.70. The number of hydrogen-bond donors (Lipinski definition) is 0. The first-order chi connectivity index (χ1) is 12.6. The van der Waals surface area contributed by atoms with Crippen molar-refractivity contribution in [1.82, 2.24) is 29.8 Å². The van der Waals surface area contributed by atoms with Gasteiger partial charge in [-0.3, -0.25) is 4.90 Å². The number of aryl methyl sites for hydroxylation is 1. The highest BCUT2D eigenvalue weighted by Gasteiger charge is 2.25. The third-order valence-corrected chi connectivity index (χ3v) is 5.17. The Bertz CT molecular complexity index is 876. The van der Waals surface area contributed by atoms with Crippen molar-refractivity contribution in [3.8, 4) is 11.6 Å². The van der Waals surface area contributed by atoms with Crippen LogP contribution in [0.2, 0.25) is 0 Å². The third kappa shape index (κ3) is 3.29. The maximum Gasteiger partial charge on any atom is 0.264 e. The molecule has 0 N–H and O–H groups in total. The quantitative estimate of drug-likeness (QED) is 0.643. The average Bonchev–Trinajstić information content (AvgIpc) is 3.29. The lowest BCUT2D eigenvalue weighted by molar-refractivity contribution is 0.233. The standard InChI is InChI=1S/C18H24N6O2/c1-4-24(10-15-19-17(26-22-15)13-6-5-7-13)11-16-20-21-18(25-16)14-9-8-12(2)23(14)3/h8-9,13H,4-7,10-11H2,1-3H3. The first-order valence-electron chi connectivity index (χ1n) is 9.14. The molecule has 8 heteroatoms. The van der Waals surface area contributed by atoms with Crippen molar-refractivity contribution in [2.24, 2.45) is 7.05 Å². The van der Waals surface area contributed by atoms with Gasteiger partial charge in [-0.2, -0.15) is 4.98 Å². The zero-order valence-corrected chi connectivity index (χ0v) is 15.5. The minimum Gasteiger partial charge on any atom is -0.418 e. The Labute approximate surface area is 152 Å². The number of rotatable bonds is 7. The van der Waals surface area contributed by atoms with Crippen LogP contribution in [-0.4, -0.2) is 36.3 Å². The molecule has 4 rings (SSSR count). The molecule has 1 fully saturated rings. The summed E-state index contributed by atoms with van der Waals surface area (Å²) in [7, 11) is 1.99. The van der Waals surface area contributed by atoms with E-state index in [4.69, 9.17) is 8.94 Å². The Hall–Kier alpha value is -2.48. The van der Waals surface area contributed by atoms with Gasteiger partial charge in [0.2, 0.25) is 11.8 Å². The van der Waals surface area contributed by atoms with E-state index in [1.54, 1.807) is 0 Å². The number of hydrogen-bond acceptors (Lipinski definition) is 7. The zero-order valence-electron chi connectivity index (χ0n) is 15.5. The molecule has 1 aliphatic carbocycles. The van der Waals surface area contributed by atoms with Crippen LogP contribution in [0.4, 0.5) is 0 Å². The van der Waals surface area contributed by atoms with Gasteiger partial charge in [0.1, 0.15) is 5.69 Å². The summed E-state index contributed by atoms with van der Waals surface area (Å²) in [5.74, 6) is 3.08. The third-order valence-electron chi connectivity index (χ3n) is 5.17. The maximum absolute atomic E-state index is 5.85. The van der Waals surface area contributed by atoms with Crippen LogP contribution < -0.4 is 0 Å². The Morgan fingerprint density at radius 1 is 1.23 bits per heavy atom. The van der Waals surface area contributed by atoms with Crippen molar-refractivity contribution in [2.45, 2.75) is 52.1 Å². The van der Waals surface area contributed by atoms with E-state index in [1.165, 1.54) is 6.42 Å². The second kappa shape index (κ2) is 7.03. The molecule has 1 saturated carbocycles. The number of nitrogens with zero attached hydrogens (tertiary/aromatic N) is 6. The van der Waals surface area contributed by atoms with E-state index in [9.17, 15) is 0 Å². The maximum atomic E-state index is 5.85. The van der Waals surface area contributed by atoms with E-state index in [0.29, 0.717) is 36.6 Å². The Balaban J connectivity index is 1.42. The van der Waals surface area contributed by atoms with E-state index in [2.05, 4.69) is 32.2 Å². The fourth-order valence-electron chi connectivity index (χ4n) is 3.07. The molecule has 3 aromatic heterocycles. The van der Waals surface area contributed by atoms with E-state index in [-0.39, 0.29) is 0 Å². The molecule has 0 bridgehead atoms. The number of aromatic nitrogens is 5. The first-order valence-corrected chi connectivity index (χ1v) is 9.14. The molecule has 1 aliphatic rings. The van der Waals surface area contributed by atoms with Gasteiger partial charge < -0.3 is 13.5 Å². The summed E-state index contributed by atoms with van der Waals surface area (Å²) in [6.45, 7) is 6.12. The lowest BCUT2D eigenvalue weighted by Crippen LogP contribution is -2.23. The molecule has 3 aromatic rings. The van der Waals surface area contributed by atoms with Gasteiger partial charge in [-0.05, 0) is 38.4 Å². The lowest BCUT2D eigenvalue weighted by atomic mass is 9.85. The van der Waals surface area contributed by atoms with Crippen LogP contribution >= 0.6 is 0 Å². The van der Waals surface area contributed by atoms with Gasteiger partial charge >= 0.3 is 0 Å². The van der Waals surface area contributed by atoms with E-state index in [0.717, 1.165) is 36.7 Å². The van der Waals surface area contributed by atoms with E-state index < -0.39 is 0 Å². The summed E-state index contributed by atoms with van der Waals surface area (Å²) >= 11 is 0. The van der Waals surface area contributed by atoms with E-state index in [1.807, 2.05) is 30.7 Å². The van der Waals surface area contributed by atoms with Gasteiger partial charge in [-0.25, -0.2) is 0 Å². The highest BCUT2D eigenvalue weighted by atomic mass is 16.5. The van der Waals surface area contributed by atoms with Crippen LogP contribution in [0.25, 0.3) is 11.6 Å². The van der Waals surface area contributed by atoms with Gasteiger partial charge in [0.25, 0.3) is 5.89 Å². The van der Waals surface area contributed by atoms with Gasteiger partial charge in [0.05, 0.1) is 13.1 Å². The lowest BCUT2D eigenvalue weighted by Gasteiger charge is -2.20. The first kappa shape index (κ1) is 17.0. The predicted molar refractivity (Wildman–Crippen MR) is 94.1 cm³/mol. The molecule has 26 heavy (non-hydrogen) atoms. The summed E-state index contributed by atoms with van der Waals surface area (Å²) < 4.78 is 13.3. The smallest absolute Gasteiger partial charge is 0.264 e. The molecule has 0 amide bonds. The van der Waals surface area contributed by atoms with E-state index >= 15 is 0 Å². The SMILES string of the molecule is CCN(Cc1noc(C2CCC2)n1)Cc1nnc(-c2ccc(C)n2C)o1. The van der Waals surface area contributed by atoms with Crippen molar-refractivity contribution in [1.29, 1.82) is 0 Å². The van der Waals surface area contributed by atoms with Gasteiger partial charge in [0.15, 0.2) is 5.82 Å². The Morgan fingerprint density at radius 3 is 2.73 bits per heavy atom. The van der Waals surface area contributed by atoms with Crippen molar-refractivity contribution in [2.75, 3.05) is 6.54 Å². The summed E-state index contributed by atoms with van der Waals surface area (Å²) in [5, 5.41) is 12.5. The topological polar surface area (TPSA) is 86.0 Å². The molecule has 3 heterocycles. The Morgan fingerprint density at radius 2 is 2.08 bits per heavy atom.